The van der Waals surface area contributed by atoms with E-state index in [1.165, 1.54) is 6.07 Å². The highest BCUT2D eigenvalue weighted by Crippen LogP contribution is 2.31. The first-order valence-corrected chi connectivity index (χ1v) is 7.82. The molecule has 1 aromatic heterocycles. The average Bonchev–Trinajstić information content (AvgIpc) is 2.65. The number of para-hydroxylation sites is 1. The maximum Gasteiger partial charge on any atom is 0.295 e. The maximum absolute atomic E-state index is 11.2. The summed E-state index contributed by atoms with van der Waals surface area (Å²) in [5.41, 5.74) is 1.98. The van der Waals surface area contributed by atoms with Crippen molar-refractivity contribution < 1.29 is 14.4 Å². The van der Waals surface area contributed by atoms with Gasteiger partial charge in [0.1, 0.15) is 18.7 Å². The molecule has 6 nitrogen and oxygen atoms in total. The van der Waals surface area contributed by atoms with Crippen LogP contribution in [0, 0.1) is 10.1 Å². The zero-order valence-corrected chi connectivity index (χ0v) is 13.2. The van der Waals surface area contributed by atoms with Crippen LogP contribution in [0.4, 0.5) is 5.69 Å². The molecule has 0 spiro atoms. The second kappa shape index (κ2) is 6.24. The monoisotopic (exact) mass is 334 g/mol. The Morgan fingerprint density at radius 3 is 2.68 bits per heavy atom. The summed E-state index contributed by atoms with van der Waals surface area (Å²) < 4.78 is 11.1. The van der Waals surface area contributed by atoms with Crippen molar-refractivity contribution in [1.82, 2.24) is 4.98 Å². The Balaban J connectivity index is 1.67. The van der Waals surface area contributed by atoms with E-state index in [1.54, 1.807) is 6.07 Å². The fraction of sp³-hybridized carbons (Fsp3) is 0.105. The summed E-state index contributed by atoms with van der Waals surface area (Å²) >= 11 is 0. The number of nitrogens with zero attached hydrogens (tertiary/aromatic N) is 2. The number of aromatic nitrogens is 1. The third-order valence-electron chi connectivity index (χ3n) is 3.93. The molecule has 2 aromatic carbocycles. The van der Waals surface area contributed by atoms with Gasteiger partial charge < -0.3 is 9.47 Å². The van der Waals surface area contributed by atoms with Crippen molar-refractivity contribution in [2.75, 3.05) is 13.2 Å². The molecule has 0 amide bonds. The highest BCUT2D eigenvalue weighted by molar-refractivity contribution is 5.88. The molecule has 6 heteroatoms. The van der Waals surface area contributed by atoms with Crippen LogP contribution >= 0.6 is 0 Å². The third-order valence-corrected chi connectivity index (χ3v) is 3.93. The molecule has 0 bridgehead atoms. The first kappa shape index (κ1) is 15.1. The van der Waals surface area contributed by atoms with Crippen molar-refractivity contribution >= 4 is 28.7 Å². The Bertz CT molecular complexity index is 998. The molecule has 0 fully saturated rings. The number of ether oxygens (including phenoxy) is 2. The highest BCUT2D eigenvalue weighted by Gasteiger charge is 2.13. The van der Waals surface area contributed by atoms with Gasteiger partial charge in [-0.05, 0) is 29.8 Å². The van der Waals surface area contributed by atoms with Crippen LogP contribution in [0.5, 0.6) is 11.5 Å². The molecule has 4 rings (SSSR count). The van der Waals surface area contributed by atoms with Gasteiger partial charge >= 0.3 is 0 Å². The Labute approximate surface area is 143 Å². The summed E-state index contributed by atoms with van der Waals surface area (Å²) in [4.78, 5) is 15.2. The molecular weight excluding hydrogens is 320 g/mol. The van der Waals surface area contributed by atoms with E-state index in [4.69, 9.17) is 9.47 Å². The molecule has 3 aromatic rings. The zero-order chi connectivity index (χ0) is 17.2. The largest absolute Gasteiger partial charge is 0.486 e. The van der Waals surface area contributed by atoms with Crippen LogP contribution in [0.15, 0.2) is 48.5 Å². The van der Waals surface area contributed by atoms with E-state index in [0.29, 0.717) is 24.4 Å². The number of benzene rings is 2. The summed E-state index contributed by atoms with van der Waals surface area (Å²) in [6.07, 6.45) is 3.71. The summed E-state index contributed by atoms with van der Waals surface area (Å²) in [6, 6.07) is 14.3. The number of nitro benzene ring substituents is 1. The standard InChI is InChI=1S/C19H14N2O4/c22-21(23)16-3-1-2-14-6-8-15(20-19(14)16)7-4-13-5-9-17-18(12-13)25-11-10-24-17/h1-9,12H,10-11H2. The van der Waals surface area contributed by atoms with E-state index in [0.717, 1.165) is 22.4 Å². The molecule has 0 radical (unpaired) electrons. The van der Waals surface area contributed by atoms with Gasteiger partial charge in [-0.25, -0.2) is 4.98 Å². The fourth-order valence-electron chi connectivity index (χ4n) is 2.73. The van der Waals surface area contributed by atoms with Crippen molar-refractivity contribution in [3.05, 3.63) is 69.9 Å². The quantitative estimate of drug-likeness (QED) is 0.533. The first-order chi connectivity index (χ1) is 12.2. The second-order valence-corrected chi connectivity index (χ2v) is 5.58. The Kier molecular flexibility index (Phi) is 3.78. The summed E-state index contributed by atoms with van der Waals surface area (Å²) in [5, 5.41) is 11.9. The van der Waals surface area contributed by atoms with E-state index < -0.39 is 4.92 Å². The van der Waals surface area contributed by atoms with E-state index in [2.05, 4.69) is 4.98 Å². The van der Waals surface area contributed by atoms with Gasteiger partial charge in [0.25, 0.3) is 5.69 Å². The minimum atomic E-state index is -0.413. The van der Waals surface area contributed by atoms with Crippen molar-refractivity contribution in [3.63, 3.8) is 0 Å². The molecule has 1 aliphatic rings. The maximum atomic E-state index is 11.2. The van der Waals surface area contributed by atoms with Gasteiger partial charge in [-0.15, -0.1) is 0 Å². The first-order valence-electron chi connectivity index (χ1n) is 7.82. The van der Waals surface area contributed by atoms with Gasteiger partial charge in [-0.1, -0.05) is 30.3 Å². The van der Waals surface area contributed by atoms with E-state index in [-0.39, 0.29) is 5.69 Å². The van der Waals surface area contributed by atoms with Crippen LogP contribution in [0.25, 0.3) is 23.1 Å². The lowest BCUT2D eigenvalue weighted by molar-refractivity contribution is -0.383. The molecule has 124 valence electrons. The molecule has 0 aliphatic carbocycles. The Hall–Kier alpha value is -3.41. The van der Waals surface area contributed by atoms with Crippen LogP contribution in [0.3, 0.4) is 0 Å². The molecule has 1 aliphatic heterocycles. The second-order valence-electron chi connectivity index (χ2n) is 5.58. The van der Waals surface area contributed by atoms with Crippen molar-refractivity contribution in [2.24, 2.45) is 0 Å². The SMILES string of the molecule is O=[N+]([O-])c1cccc2ccc(C=Cc3ccc4c(c3)OCCO4)nc12. The number of rotatable bonds is 3. The van der Waals surface area contributed by atoms with Gasteiger partial charge in [0.15, 0.2) is 11.5 Å². The summed E-state index contributed by atoms with van der Waals surface area (Å²) in [7, 11) is 0. The lowest BCUT2D eigenvalue weighted by Crippen LogP contribution is -2.15. The van der Waals surface area contributed by atoms with Crippen molar-refractivity contribution in [3.8, 4) is 11.5 Å². The third kappa shape index (κ3) is 3.01. The summed E-state index contributed by atoms with van der Waals surface area (Å²) in [5.74, 6) is 1.46. The minimum Gasteiger partial charge on any atom is -0.486 e. The van der Waals surface area contributed by atoms with Crippen molar-refractivity contribution in [2.45, 2.75) is 0 Å². The lowest BCUT2D eigenvalue weighted by atomic mass is 10.1. The minimum absolute atomic E-state index is 0.00656. The number of nitro groups is 1. The van der Waals surface area contributed by atoms with E-state index in [1.807, 2.05) is 48.6 Å². The molecule has 0 unspecified atom stereocenters. The average molecular weight is 334 g/mol. The topological polar surface area (TPSA) is 74.5 Å². The van der Waals surface area contributed by atoms with Gasteiger partial charge in [0.2, 0.25) is 0 Å². The number of pyridine rings is 1. The molecule has 0 atom stereocenters. The lowest BCUT2D eigenvalue weighted by Gasteiger charge is -2.18. The van der Waals surface area contributed by atoms with Gasteiger partial charge in [-0.2, -0.15) is 0 Å². The predicted molar refractivity (Wildman–Crippen MR) is 94.8 cm³/mol. The molecule has 2 heterocycles. The number of hydrogen-bond donors (Lipinski definition) is 0. The highest BCUT2D eigenvalue weighted by atomic mass is 16.6. The summed E-state index contributed by atoms with van der Waals surface area (Å²) in [6.45, 7) is 1.10. The van der Waals surface area contributed by atoms with Crippen LogP contribution in [0.1, 0.15) is 11.3 Å². The number of hydrogen-bond acceptors (Lipinski definition) is 5. The van der Waals surface area contributed by atoms with E-state index >= 15 is 0 Å². The van der Waals surface area contributed by atoms with Gasteiger partial charge in [-0.3, -0.25) is 10.1 Å². The molecule has 0 N–H and O–H groups in total. The van der Waals surface area contributed by atoms with Crippen LogP contribution in [-0.4, -0.2) is 23.1 Å². The Morgan fingerprint density at radius 1 is 1.00 bits per heavy atom. The molecule has 25 heavy (non-hydrogen) atoms. The van der Waals surface area contributed by atoms with Crippen LogP contribution in [-0.2, 0) is 0 Å². The van der Waals surface area contributed by atoms with Crippen LogP contribution in [0.2, 0.25) is 0 Å². The Morgan fingerprint density at radius 2 is 1.84 bits per heavy atom. The van der Waals surface area contributed by atoms with Gasteiger partial charge in [0.05, 0.1) is 10.6 Å². The number of non-ortho nitro benzene ring substituents is 1. The molecule has 0 saturated heterocycles. The number of fused-ring (bicyclic) bond motifs is 2. The van der Waals surface area contributed by atoms with Crippen LogP contribution < -0.4 is 9.47 Å². The normalized spacial score (nSPS) is 13.3. The van der Waals surface area contributed by atoms with Gasteiger partial charge in [0, 0.05) is 11.5 Å². The van der Waals surface area contributed by atoms with Crippen molar-refractivity contribution in [1.29, 1.82) is 0 Å². The molecule has 0 saturated carbocycles. The molecular formula is C19H14N2O4. The fourth-order valence-corrected chi connectivity index (χ4v) is 2.73. The zero-order valence-electron chi connectivity index (χ0n) is 13.2. The smallest absolute Gasteiger partial charge is 0.295 e. The van der Waals surface area contributed by atoms with E-state index in [9.17, 15) is 10.1 Å². The predicted octanol–water partition coefficient (Wildman–Crippen LogP) is 4.08.